The van der Waals surface area contributed by atoms with Gasteiger partial charge in [-0.05, 0) is 25.5 Å². The third-order valence-electron chi connectivity index (χ3n) is 3.23. The van der Waals surface area contributed by atoms with E-state index < -0.39 is 0 Å². The molecule has 0 radical (unpaired) electrons. The molecule has 0 aliphatic carbocycles. The van der Waals surface area contributed by atoms with Gasteiger partial charge in [-0.3, -0.25) is 4.79 Å². The fourth-order valence-corrected chi connectivity index (χ4v) is 2.87. The van der Waals surface area contributed by atoms with E-state index >= 15 is 0 Å². The van der Waals surface area contributed by atoms with Crippen molar-refractivity contribution in [2.45, 2.75) is 20.4 Å². The van der Waals surface area contributed by atoms with Crippen LogP contribution in [-0.4, -0.2) is 20.9 Å². The van der Waals surface area contributed by atoms with Crippen molar-refractivity contribution in [1.29, 1.82) is 0 Å². The molecule has 1 aromatic carbocycles. The van der Waals surface area contributed by atoms with Crippen molar-refractivity contribution in [2.75, 3.05) is 5.32 Å². The lowest BCUT2D eigenvalue weighted by atomic mass is 10.2. The van der Waals surface area contributed by atoms with Crippen LogP contribution in [0, 0.1) is 13.8 Å². The number of nitrogens with one attached hydrogen (secondary N) is 2. The average molecular weight is 339 g/mol. The van der Waals surface area contributed by atoms with Crippen LogP contribution in [0.4, 0.5) is 11.1 Å². The second-order valence-electron chi connectivity index (χ2n) is 5.31. The van der Waals surface area contributed by atoms with Gasteiger partial charge >= 0.3 is 0 Å². The van der Waals surface area contributed by atoms with Crippen molar-refractivity contribution in [3.8, 4) is 0 Å². The monoisotopic (exact) mass is 339 g/mol. The lowest BCUT2D eigenvalue weighted by molar-refractivity contribution is 0.0946. The van der Waals surface area contributed by atoms with Gasteiger partial charge in [-0.1, -0.05) is 30.3 Å². The lowest BCUT2D eigenvalue weighted by Crippen LogP contribution is -2.23. The number of nitrogens with zero attached hydrogens (tertiary/aromatic N) is 3. The number of benzene rings is 1. The van der Waals surface area contributed by atoms with Crippen LogP contribution in [0.15, 0.2) is 41.8 Å². The van der Waals surface area contributed by atoms with Crippen LogP contribution in [0.25, 0.3) is 0 Å². The van der Waals surface area contributed by atoms with Gasteiger partial charge in [0.25, 0.3) is 5.91 Å². The van der Waals surface area contributed by atoms with Gasteiger partial charge < -0.3 is 10.6 Å². The maximum atomic E-state index is 12.2. The second kappa shape index (κ2) is 7.18. The average Bonchev–Trinajstić information content (AvgIpc) is 3.01. The van der Waals surface area contributed by atoms with Gasteiger partial charge in [0.15, 0.2) is 5.13 Å². The van der Waals surface area contributed by atoms with E-state index in [1.165, 1.54) is 11.3 Å². The molecule has 3 aromatic rings. The molecule has 0 atom stereocenters. The molecule has 0 spiro atoms. The predicted octanol–water partition coefficient (Wildman–Crippen LogP) is 3.22. The number of amides is 1. The summed E-state index contributed by atoms with van der Waals surface area (Å²) in [4.78, 5) is 25.1. The Morgan fingerprint density at radius 2 is 1.79 bits per heavy atom. The maximum absolute atomic E-state index is 12.2. The minimum absolute atomic E-state index is 0.204. The zero-order valence-electron chi connectivity index (χ0n) is 13.4. The largest absolute Gasteiger partial charge is 0.347 e. The van der Waals surface area contributed by atoms with E-state index in [0.717, 1.165) is 17.0 Å². The Balaban J connectivity index is 1.63. The molecule has 0 saturated carbocycles. The molecule has 3 rings (SSSR count). The van der Waals surface area contributed by atoms with Crippen LogP contribution in [0.1, 0.15) is 27.4 Å². The first-order valence-corrected chi connectivity index (χ1v) is 8.35. The van der Waals surface area contributed by atoms with E-state index in [9.17, 15) is 4.79 Å². The molecule has 2 aromatic heterocycles. The van der Waals surface area contributed by atoms with E-state index in [2.05, 4.69) is 25.6 Å². The highest BCUT2D eigenvalue weighted by atomic mass is 32.1. The van der Waals surface area contributed by atoms with Gasteiger partial charge in [0, 0.05) is 23.3 Å². The number of hydrogen-bond acceptors (Lipinski definition) is 6. The smallest absolute Gasteiger partial charge is 0.271 e. The molecule has 24 heavy (non-hydrogen) atoms. The fourth-order valence-electron chi connectivity index (χ4n) is 2.18. The summed E-state index contributed by atoms with van der Waals surface area (Å²) in [5.41, 5.74) is 3.18. The van der Waals surface area contributed by atoms with E-state index in [-0.39, 0.29) is 5.91 Å². The summed E-state index contributed by atoms with van der Waals surface area (Å²) in [5.74, 6) is 0.280. The van der Waals surface area contributed by atoms with Crippen molar-refractivity contribution < 1.29 is 4.79 Å². The standard InChI is InChI=1S/C17H17N5OS/c1-11-8-12(2)20-16(19-11)22-17-21-14(10-24-17)15(23)18-9-13-6-4-3-5-7-13/h3-8,10H,9H2,1-2H3,(H,18,23)(H,19,20,21,22). The summed E-state index contributed by atoms with van der Waals surface area (Å²) in [5, 5.41) is 8.20. The summed E-state index contributed by atoms with van der Waals surface area (Å²) >= 11 is 1.34. The highest BCUT2D eigenvalue weighted by molar-refractivity contribution is 7.14. The summed E-state index contributed by atoms with van der Waals surface area (Å²) in [6, 6.07) is 11.7. The van der Waals surface area contributed by atoms with Gasteiger partial charge in [-0.2, -0.15) is 0 Å². The van der Waals surface area contributed by atoms with Crippen molar-refractivity contribution in [1.82, 2.24) is 20.3 Å². The molecule has 0 aliphatic rings. The zero-order valence-corrected chi connectivity index (χ0v) is 14.2. The number of carbonyl (C=O) groups is 1. The first-order chi connectivity index (χ1) is 11.6. The fraction of sp³-hybridized carbons (Fsp3) is 0.176. The van der Waals surface area contributed by atoms with Crippen molar-refractivity contribution in [3.63, 3.8) is 0 Å². The molecule has 0 aliphatic heterocycles. The number of hydrogen-bond donors (Lipinski definition) is 2. The highest BCUT2D eigenvalue weighted by Gasteiger charge is 2.11. The summed E-state index contributed by atoms with van der Waals surface area (Å²) in [7, 11) is 0. The van der Waals surface area contributed by atoms with Gasteiger partial charge in [0.2, 0.25) is 5.95 Å². The maximum Gasteiger partial charge on any atom is 0.271 e. The topological polar surface area (TPSA) is 79.8 Å². The number of aryl methyl sites for hydroxylation is 2. The van der Waals surface area contributed by atoms with E-state index in [4.69, 9.17) is 0 Å². The van der Waals surface area contributed by atoms with Gasteiger partial charge in [0.1, 0.15) is 5.69 Å². The molecule has 0 bridgehead atoms. The number of rotatable bonds is 5. The van der Waals surface area contributed by atoms with Gasteiger partial charge in [-0.25, -0.2) is 15.0 Å². The molecule has 7 heteroatoms. The molecule has 2 heterocycles. The third-order valence-corrected chi connectivity index (χ3v) is 3.99. The Bertz CT molecular complexity index is 827. The van der Waals surface area contributed by atoms with E-state index in [1.54, 1.807) is 5.38 Å². The van der Waals surface area contributed by atoms with Crippen molar-refractivity contribution in [2.24, 2.45) is 0 Å². The summed E-state index contributed by atoms with van der Waals surface area (Å²) in [6.45, 7) is 4.29. The number of carbonyl (C=O) groups excluding carboxylic acids is 1. The van der Waals surface area contributed by atoms with Crippen molar-refractivity contribution in [3.05, 3.63) is 64.4 Å². The highest BCUT2D eigenvalue weighted by Crippen LogP contribution is 2.19. The van der Waals surface area contributed by atoms with Crippen LogP contribution in [0.3, 0.4) is 0 Å². The van der Waals surface area contributed by atoms with Crippen LogP contribution in [0.5, 0.6) is 0 Å². The second-order valence-corrected chi connectivity index (χ2v) is 6.16. The minimum atomic E-state index is -0.204. The van der Waals surface area contributed by atoms with Crippen LogP contribution in [-0.2, 0) is 6.54 Å². The van der Waals surface area contributed by atoms with Crippen molar-refractivity contribution >= 4 is 28.3 Å². The number of aromatic nitrogens is 3. The molecule has 0 saturated heterocycles. The molecular formula is C17H17N5OS. The van der Waals surface area contributed by atoms with Gasteiger partial charge in [-0.15, -0.1) is 11.3 Å². The zero-order chi connectivity index (χ0) is 16.9. The van der Waals surface area contributed by atoms with E-state index in [0.29, 0.717) is 23.3 Å². The lowest BCUT2D eigenvalue weighted by Gasteiger charge is -2.04. The Labute approximate surface area is 144 Å². The van der Waals surface area contributed by atoms with Gasteiger partial charge in [0.05, 0.1) is 0 Å². The van der Waals surface area contributed by atoms with Crippen LogP contribution < -0.4 is 10.6 Å². The molecule has 1 amide bonds. The SMILES string of the molecule is Cc1cc(C)nc(Nc2nc(C(=O)NCc3ccccc3)cs2)n1. The summed E-state index contributed by atoms with van der Waals surface area (Å²) < 4.78 is 0. The quantitative estimate of drug-likeness (QED) is 0.746. The molecule has 0 fully saturated rings. The molecule has 122 valence electrons. The van der Waals surface area contributed by atoms with Crippen LogP contribution >= 0.6 is 11.3 Å². The molecule has 0 unspecified atom stereocenters. The Hall–Kier alpha value is -2.80. The number of anilines is 2. The molecule has 6 nitrogen and oxygen atoms in total. The number of thiazole rings is 1. The first-order valence-electron chi connectivity index (χ1n) is 7.47. The van der Waals surface area contributed by atoms with Crippen LogP contribution in [0.2, 0.25) is 0 Å². The summed E-state index contributed by atoms with van der Waals surface area (Å²) in [6.07, 6.45) is 0. The third kappa shape index (κ3) is 4.14. The van der Waals surface area contributed by atoms with E-state index in [1.807, 2.05) is 50.2 Å². The molecule has 2 N–H and O–H groups in total. The Kier molecular flexibility index (Phi) is 4.81. The normalized spacial score (nSPS) is 10.4. The Morgan fingerprint density at radius 3 is 2.50 bits per heavy atom. The Morgan fingerprint density at radius 1 is 1.08 bits per heavy atom. The first kappa shape index (κ1) is 16.1. The predicted molar refractivity (Wildman–Crippen MR) is 94.5 cm³/mol. The minimum Gasteiger partial charge on any atom is -0.347 e. The molecular weight excluding hydrogens is 322 g/mol.